The number of carbonyl (C=O) groups is 1. The van der Waals surface area contributed by atoms with Crippen molar-refractivity contribution < 1.29 is 9.53 Å². The van der Waals surface area contributed by atoms with E-state index < -0.39 is 0 Å². The zero-order valence-electron chi connectivity index (χ0n) is 14.9. The van der Waals surface area contributed by atoms with Crippen LogP contribution >= 0.6 is 0 Å². The summed E-state index contributed by atoms with van der Waals surface area (Å²) >= 11 is 0. The summed E-state index contributed by atoms with van der Waals surface area (Å²) in [4.78, 5) is 14.5. The maximum Gasteiger partial charge on any atom is 0.222 e. The molecule has 0 saturated carbocycles. The van der Waals surface area contributed by atoms with Crippen molar-refractivity contribution in [1.29, 1.82) is 0 Å². The third-order valence-electron chi connectivity index (χ3n) is 3.92. The Morgan fingerprint density at radius 1 is 1.13 bits per heavy atom. The molecule has 0 heterocycles. The van der Waals surface area contributed by atoms with Gasteiger partial charge in [-0.15, -0.1) is 0 Å². The normalized spacial score (nSPS) is 10.6. The number of nitrogens with zero attached hydrogens (tertiary/aromatic N) is 1. The Labute approximate surface area is 141 Å². The standard InChI is InChI=1S/C19H32N2O2/c1-4-7-13-21(14-8-5-2)19(22)12-10-16-9-11-18(23-6-3)17(20)15-16/h9,11,15H,4-8,10,12-14,20H2,1-3H3. The summed E-state index contributed by atoms with van der Waals surface area (Å²) in [5.41, 5.74) is 7.72. The van der Waals surface area contributed by atoms with Gasteiger partial charge < -0.3 is 15.4 Å². The van der Waals surface area contributed by atoms with E-state index in [2.05, 4.69) is 13.8 Å². The van der Waals surface area contributed by atoms with Crippen molar-refractivity contribution in [3.05, 3.63) is 23.8 Å². The number of carbonyl (C=O) groups excluding carboxylic acids is 1. The highest BCUT2D eigenvalue weighted by Crippen LogP contribution is 2.23. The van der Waals surface area contributed by atoms with Crippen molar-refractivity contribution >= 4 is 11.6 Å². The van der Waals surface area contributed by atoms with Crippen molar-refractivity contribution in [2.75, 3.05) is 25.4 Å². The van der Waals surface area contributed by atoms with Gasteiger partial charge in [0.2, 0.25) is 5.91 Å². The first-order valence-electron chi connectivity index (χ1n) is 8.91. The topological polar surface area (TPSA) is 55.6 Å². The van der Waals surface area contributed by atoms with Crippen LogP contribution in [0.5, 0.6) is 5.75 Å². The highest BCUT2D eigenvalue weighted by molar-refractivity contribution is 5.76. The molecule has 0 radical (unpaired) electrons. The molecule has 0 unspecified atom stereocenters. The number of nitrogen functional groups attached to an aromatic ring is 1. The number of ether oxygens (including phenoxy) is 1. The van der Waals surface area contributed by atoms with E-state index in [0.29, 0.717) is 18.7 Å². The highest BCUT2D eigenvalue weighted by Gasteiger charge is 2.13. The Bertz CT molecular complexity index is 466. The van der Waals surface area contributed by atoms with Crippen LogP contribution in [0.3, 0.4) is 0 Å². The predicted molar refractivity (Wildman–Crippen MR) is 96.7 cm³/mol. The van der Waals surface area contributed by atoms with Crippen LogP contribution in [-0.4, -0.2) is 30.5 Å². The molecule has 0 atom stereocenters. The Morgan fingerprint density at radius 3 is 2.30 bits per heavy atom. The fraction of sp³-hybridized carbons (Fsp3) is 0.632. The number of unbranched alkanes of at least 4 members (excludes halogenated alkanes) is 2. The van der Waals surface area contributed by atoms with E-state index in [1.54, 1.807) is 0 Å². The van der Waals surface area contributed by atoms with Gasteiger partial charge in [-0.05, 0) is 43.9 Å². The number of hydrogen-bond acceptors (Lipinski definition) is 3. The monoisotopic (exact) mass is 320 g/mol. The first kappa shape index (κ1) is 19.3. The molecule has 0 fully saturated rings. The lowest BCUT2D eigenvalue weighted by Crippen LogP contribution is -2.33. The minimum atomic E-state index is 0.249. The third kappa shape index (κ3) is 6.93. The smallest absolute Gasteiger partial charge is 0.222 e. The molecule has 0 saturated heterocycles. The summed E-state index contributed by atoms with van der Waals surface area (Å²) < 4.78 is 5.44. The number of anilines is 1. The van der Waals surface area contributed by atoms with Gasteiger partial charge in [-0.1, -0.05) is 32.8 Å². The third-order valence-corrected chi connectivity index (χ3v) is 3.92. The zero-order chi connectivity index (χ0) is 17.1. The number of benzene rings is 1. The average molecular weight is 320 g/mol. The van der Waals surface area contributed by atoms with Gasteiger partial charge >= 0.3 is 0 Å². The molecule has 130 valence electrons. The molecule has 0 aliphatic carbocycles. The van der Waals surface area contributed by atoms with Crippen molar-refractivity contribution in [3.8, 4) is 5.75 Å². The van der Waals surface area contributed by atoms with Crippen molar-refractivity contribution in [2.45, 2.75) is 59.3 Å². The number of nitrogens with two attached hydrogens (primary N) is 1. The minimum Gasteiger partial charge on any atom is -0.492 e. The second-order valence-corrected chi connectivity index (χ2v) is 5.89. The summed E-state index contributed by atoms with van der Waals surface area (Å²) in [6.45, 7) is 8.61. The lowest BCUT2D eigenvalue weighted by atomic mass is 10.1. The molecule has 0 bridgehead atoms. The van der Waals surface area contributed by atoms with Crippen molar-refractivity contribution in [1.82, 2.24) is 4.90 Å². The van der Waals surface area contributed by atoms with Crippen molar-refractivity contribution in [3.63, 3.8) is 0 Å². The Kier molecular flexibility index (Phi) is 9.18. The van der Waals surface area contributed by atoms with E-state index in [4.69, 9.17) is 10.5 Å². The molecule has 1 aromatic rings. The van der Waals surface area contributed by atoms with Crippen molar-refractivity contribution in [2.24, 2.45) is 0 Å². The number of aryl methyl sites for hydroxylation is 1. The van der Waals surface area contributed by atoms with Crippen LogP contribution in [0.1, 0.15) is 58.4 Å². The molecule has 4 heteroatoms. The number of rotatable bonds is 11. The predicted octanol–water partition coefficient (Wildman–Crippen LogP) is 4.03. The average Bonchev–Trinajstić information content (AvgIpc) is 2.55. The van der Waals surface area contributed by atoms with E-state index in [9.17, 15) is 4.79 Å². The molecular weight excluding hydrogens is 288 g/mol. The molecule has 4 nitrogen and oxygen atoms in total. The maximum atomic E-state index is 12.5. The minimum absolute atomic E-state index is 0.249. The van der Waals surface area contributed by atoms with Crippen LogP contribution in [0.2, 0.25) is 0 Å². The van der Waals surface area contributed by atoms with Crippen LogP contribution in [0, 0.1) is 0 Å². The fourth-order valence-electron chi connectivity index (χ4n) is 2.51. The molecule has 0 aliphatic rings. The Morgan fingerprint density at radius 2 is 1.78 bits per heavy atom. The molecule has 23 heavy (non-hydrogen) atoms. The van der Waals surface area contributed by atoms with E-state index in [1.165, 1.54) is 0 Å². The maximum absolute atomic E-state index is 12.5. The van der Waals surface area contributed by atoms with Crippen LogP contribution in [0.25, 0.3) is 0 Å². The Hall–Kier alpha value is -1.71. The molecule has 1 rings (SSSR count). The second-order valence-electron chi connectivity index (χ2n) is 5.89. The summed E-state index contributed by atoms with van der Waals surface area (Å²) in [7, 11) is 0. The number of amides is 1. The molecule has 2 N–H and O–H groups in total. The van der Waals surface area contributed by atoms with Crippen LogP contribution in [0.4, 0.5) is 5.69 Å². The van der Waals surface area contributed by atoms with E-state index >= 15 is 0 Å². The lowest BCUT2D eigenvalue weighted by Gasteiger charge is -2.22. The second kappa shape index (κ2) is 10.9. The summed E-state index contributed by atoms with van der Waals surface area (Å²) in [5, 5.41) is 0. The first-order valence-corrected chi connectivity index (χ1v) is 8.91. The van der Waals surface area contributed by atoms with Gasteiger partial charge in [0, 0.05) is 19.5 Å². The largest absolute Gasteiger partial charge is 0.492 e. The van der Waals surface area contributed by atoms with E-state index in [1.807, 2.05) is 30.0 Å². The van der Waals surface area contributed by atoms with Crippen LogP contribution < -0.4 is 10.5 Å². The van der Waals surface area contributed by atoms with Gasteiger partial charge in [0.05, 0.1) is 12.3 Å². The molecule has 0 aromatic heterocycles. The SMILES string of the molecule is CCCCN(CCCC)C(=O)CCc1ccc(OCC)c(N)c1. The highest BCUT2D eigenvalue weighted by atomic mass is 16.5. The summed E-state index contributed by atoms with van der Waals surface area (Å²) in [5.74, 6) is 0.967. The summed E-state index contributed by atoms with van der Waals surface area (Å²) in [6, 6.07) is 5.81. The Balaban J connectivity index is 2.56. The van der Waals surface area contributed by atoms with Gasteiger partial charge in [-0.25, -0.2) is 0 Å². The van der Waals surface area contributed by atoms with E-state index in [0.717, 1.165) is 56.5 Å². The van der Waals surface area contributed by atoms with E-state index in [-0.39, 0.29) is 5.91 Å². The molecular formula is C19H32N2O2. The lowest BCUT2D eigenvalue weighted by molar-refractivity contribution is -0.131. The quantitative estimate of drug-likeness (QED) is 0.626. The fourth-order valence-corrected chi connectivity index (χ4v) is 2.51. The zero-order valence-corrected chi connectivity index (χ0v) is 14.9. The molecule has 1 amide bonds. The van der Waals surface area contributed by atoms with Gasteiger partial charge in [-0.2, -0.15) is 0 Å². The van der Waals surface area contributed by atoms with Gasteiger partial charge in [-0.3, -0.25) is 4.79 Å². The van der Waals surface area contributed by atoms with Gasteiger partial charge in [0.25, 0.3) is 0 Å². The number of hydrogen-bond donors (Lipinski definition) is 1. The van der Waals surface area contributed by atoms with Gasteiger partial charge in [0.1, 0.15) is 5.75 Å². The molecule has 0 aliphatic heterocycles. The summed E-state index contributed by atoms with van der Waals surface area (Å²) in [6.07, 6.45) is 5.65. The molecule has 1 aromatic carbocycles. The van der Waals surface area contributed by atoms with Crippen LogP contribution in [0.15, 0.2) is 18.2 Å². The molecule has 0 spiro atoms. The van der Waals surface area contributed by atoms with Crippen LogP contribution in [-0.2, 0) is 11.2 Å². The first-order chi connectivity index (χ1) is 11.1. The van der Waals surface area contributed by atoms with Gasteiger partial charge in [0.15, 0.2) is 0 Å².